The zero-order valence-electron chi connectivity index (χ0n) is 48.3. The zero-order chi connectivity index (χ0) is 53.6. The summed E-state index contributed by atoms with van der Waals surface area (Å²) in [5, 5.41) is 3.02. The predicted octanol–water partition coefficient (Wildman–Crippen LogP) is 17.8. The molecule has 0 rings (SSSR count). The molecule has 0 spiro atoms. The van der Waals surface area contributed by atoms with Crippen LogP contribution in [-0.4, -0.2) is 69.4 Å². The van der Waals surface area contributed by atoms with Crippen LogP contribution in [0.4, 0.5) is 0 Å². The molecule has 1 N–H and O–H groups in total. The number of unbranched alkanes of at least 4 members (excludes halogenated alkanes) is 28. The van der Waals surface area contributed by atoms with Gasteiger partial charge in [-0.05, 0) is 102 Å². The van der Waals surface area contributed by atoms with Gasteiger partial charge < -0.3 is 28.5 Å². The Morgan fingerprint density at radius 1 is 0.479 bits per heavy atom. The summed E-state index contributed by atoms with van der Waals surface area (Å²) in [6, 6.07) is -0.904. The molecule has 0 aliphatic heterocycles. The van der Waals surface area contributed by atoms with E-state index in [0.29, 0.717) is 23.9 Å². The first kappa shape index (κ1) is 70.5. The number of nitrogens with one attached hydrogen (secondary N) is 1. The van der Waals surface area contributed by atoms with E-state index in [-0.39, 0.29) is 24.9 Å². The van der Waals surface area contributed by atoms with Gasteiger partial charge in [-0.25, -0.2) is 0 Å². The second-order valence-electron chi connectivity index (χ2n) is 21.5. The fraction of sp³-hybridized carbons (Fsp3) is 0.778. The van der Waals surface area contributed by atoms with E-state index >= 15 is 0 Å². The molecule has 73 heavy (non-hydrogen) atoms. The number of amides is 1. The Kier molecular flexibility index (Phi) is 51.0. The SMILES string of the molecule is CCCCC/C=C\C/C=C\C/C=C\CCCCCCC(=O)OC(/C=C/CCCCCCCCCCCCC)C(COP(=O)([O-])OCC[N+](C)(C)C)NC(=O)CCCCCCCCC/C=C\C/C=C\CCCCC. The lowest BCUT2D eigenvalue weighted by Crippen LogP contribution is -2.47. The molecule has 0 aromatic rings. The van der Waals surface area contributed by atoms with Crippen LogP contribution in [0.25, 0.3) is 0 Å². The molecule has 3 unspecified atom stereocenters. The number of carbonyl (C=O) groups excluding carboxylic acids is 2. The van der Waals surface area contributed by atoms with Crippen LogP contribution in [0, 0.1) is 0 Å². The van der Waals surface area contributed by atoms with Crippen molar-refractivity contribution >= 4 is 19.7 Å². The monoisotopic (exact) mass is 1040 g/mol. The van der Waals surface area contributed by atoms with Gasteiger partial charge in [0.25, 0.3) is 7.82 Å². The molecule has 0 bridgehead atoms. The van der Waals surface area contributed by atoms with E-state index in [0.717, 1.165) is 96.3 Å². The summed E-state index contributed by atoms with van der Waals surface area (Å²) >= 11 is 0. The van der Waals surface area contributed by atoms with Crippen molar-refractivity contribution in [2.45, 2.75) is 277 Å². The maximum Gasteiger partial charge on any atom is 0.306 e. The number of quaternary nitrogens is 1. The molecule has 0 heterocycles. The number of allylic oxidation sites excluding steroid dienone is 11. The van der Waals surface area contributed by atoms with Gasteiger partial charge >= 0.3 is 5.97 Å². The van der Waals surface area contributed by atoms with Crippen LogP contribution in [0.3, 0.4) is 0 Å². The molecule has 0 fully saturated rings. The van der Waals surface area contributed by atoms with Crippen LogP contribution in [0.15, 0.2) is 72.9 Å². The molecule has 0 aromatic heterocycles. The highest BCUT2D eigenvalue weighted by molar-refractivity contribution is 7.45. The van der Waals surface area contributed by atoms with E-state index in [9.17, 15) is 19.0 Å². The van der Waals surface area contributed by atoms with E-state index in [2.05, 4.69) is 86.8 Å². The number of hydrogen-bond acceptors (Lipinski definition) is 7. The number of rotatable bonds is 54. The Labute approximate surface area is 451 Å². The summed E-state index contributed by atoms with van der Waals surface area (Å²) in [5.41, 5.74) is 0. The van der Waals surface area contributed by atoms with E-state index in [4.69, 9.17) is 13.8 Å². The Balaban J connectivity index is 5.38. The fourth-order valence-electron chi connectivity index (χ4n) is 8.38. The zero-order valence-corrected chi connectivity index (χ0v) is 49.2. The number of ether oxygens (including phenoxy) is 1. The van der Waals surface area contributed by atoms with Gasteiger partial charge in [0.1, 0.15) is 19.3 Å². The van der Waals surface area contributed by atoms with E-state index in [1.54, 1.807) is 0 Å². The van der Waals surface area contributed by atoms with Crippen molar-refractivity contribution in [3.05, 3.63) is 72.9 Å². The van der Waals surface area contributed by atoms with Crippen molar-refractivity contribution in [1.82, 2.24) is 5.32 Å². The van der Waals surface area contributed by atoms with E-state index < -0.39 is 26.6 Å². The standard InChI is InChI=1S/C63H115N2O7P/c1-7-10-13-16-19-22-25-28-30-32-34-37-40-43-46-49-52-55-62(66)64-60(59-71-73(68,69)70-58-57-65(4,5)6)61(54-51-48-45-42-39-36-27-24-21-18-15-12-9-3)72-63(67)56-53-50-47-44-41-38-35-33-31-29-26-23-20-17-14-11-8-2/h19-20,22-23,28-31,35,38,51,54,60-61H,7-18,21,24-27,32-34,36-37,39-50,52-53,55-59H2,1-6H3,(H-,64,66,68,69)/b22-19-,23-20-,30-28-,31-29-,38-35-,54-51+. The summed E-state index contributed by atoms with van der Waals surface area (Å²) < 4.78 is 30.3. The Morgan fingerprint density at radius 2 is 0.836 bits per heavy atom. The summed E-state index contributed by atoms with van der Waals surface area (Å²) in [6.45, 7) is 6.77. The van der Waals surface area contributed by atoms with Crippen molar-refractivity contribution in [2.75, 3.05) is 40.9 Å². The van der Waals surface area contributed by atoms with Gasteiger partial charge in [-0.2, -0.15) is 0 Å². The first-order valence-electron chi connectivity index (χ1n) is 30.2. The average Bonchev–Trinajstić information content (AvgIpc) is 3.35. The van der Waals surface area contributed by atoms with Crippen LogP contribution >= 0.6 is 7.82 Å². The fourth-order valence-corrected chi connectivity index (χ4v) is 9.10. The lowest BCUT2D eigenvalue weighted by atomic mass is 10.0. The van der Waals surface area contributed by atoms with Gasteiger partial charge in [0.2, 0.25) is 5.91 Å². The molecule has 3 atom stereocenters. The van der Waals surface area contributed by atoms with E-state index in [1.807, 2.05) is 33.3 Å². The number of carbonyl (C=O) groups is 2. The van der Waals surface area contributed by atoms with Gasteiger partial charge in [0.15, 0.2) is 0 Å². The number of likely N-dealkylation sites (N-methyl/N-ethyl adjacent to an activating group) is 1. The minimum Gasteiger partial charge on any atom is -0.756 e. The van der Waals surface area contributed by atoms with Crippen LogP contribution in [0.1, 0.15) is 265 Å². The number of esters is 1. The molecule has 0 radical (unpaired) electrons. The lowest BCUT2D eigenvalue weighted by Gasteiger charge is -2.30. The van der Waals surface area contributed by atoms with Gasteiger partial charge in [0, 0.05) is 12.8 Å². The summed E-state index contributed by atoms with van der Waals surface area (Å²) in [7, 11) is 1.16. The van der Waals surface area contributed by atoms with Crippen LogP contribution in [-0.2, 0) is 27.9 Å². The van der Waals surface area contributed by atoms with Crippen LogP contribution < -0.4 is 10.2 Å². The van der Waals surface area contributed by atoms with Crippen molar-refractivity contribution in [3.8, 4) is 0 Å². The number of phosphoric acid groups is 1. The highest BCUT2D eigenvalue weighted by atomic mass is 31.2. The van der Waals surface area contributed by atoms with Gasteiger partial charge in [-0.1, -0.05) is 222 Å². The van der Waals surface area contributed by atoms with Crippen molar-refractivity contribution < 1.29 is 37.3 Å². The number of nitrogens with zero attached hydrogens (tertiary/aromatic N) is 1. The molecule has 1 amide bonds. The molecular formula is C63H115N2O7P. The second-order valence-corrected chi connectivity index (χ2v) is 22.9. The Morgan fingerprint density at radius 3 is 1.27 bits per heavy atom. The molecule has 0 saturated heterocycles. The van der Waals surface area contributed by atoms with E-state index in [1.165, 1.54) is 128 Å². The third kappa shape index (κ3) is 54.1. The summed E-state index contributed by atoms with van der Waals surface area (Å²) in [4.78, 5) is 39.9. The predicted molar refractivity (Wildman–Crippen MR) is 312 cm³/mol. The Hall–Kier alpha value is -2.55. The smallest absolute Gasteiger partial charge is 0.306 e. The first-order chi connectivity index (χ1) is 35.4. The lowest BCUT2D eigenvalue weighted by molar-refractivity contribution is -0.870. The maximum absolute atomic E-state index is 13.5. The minimum atomic E-state index is -4.71. The third-order valence-corrected chi connectivity index (χ3v) is 14.1. The van der Waals surface area contributed by atoms with Gasteiger partial charge in [0.05, 0.1) is 33.8 Å². The molecule has 0 aliphatic carbocycles. The van der Waals surface area contributed by atoms with Gasteiger partial charge in [-0.3, -0.25) is 14.2 Å². The molecule has 0 saturated carbocycles. The van der Waals surface area contributed by atoms with Crippen molar-refractivity contribution in [1.29, 1.82) is 0 Å². The maximum atomic E-state index is 13.5. The molecule has 9 nitrogen and oxygen atoms in total. The van der Waals surface area contributed by atoms with Crippen molar-refractivity contribution in [2.24, 2.45) is 0 Å². The second kappa shape index (κ2) is 52.9. The molecule has 10 heteroatoms. The summed E-state index contributed by atoms with van der Waals surface area (Å²) in [6.07, 6.45) is 67.1. The average molecular weight is 1040 g/mol. The topological polar surface area (TPSA) is 114 Å². The normalized spacial score (nSPS) is 14.2. The third-order valence-electron chi connectivity index (χ3n) is 13.1. The number of phosphoric ester groups is 1. The van der Waals surface area contributed by atoms with Crippen LogP contribution in [0.2, 0.25) is 0 Å². The minimum absolute atomic E-state index is 0.0300. The Bertz CT molecular complexity index is 1480. The highest BCUT2D eigenvalue weighted by Crippen LogP contribution is 2.38. The number of hydrogen-bond donors (Lipinski definition) is 1. The van der Waals surface area contributed by atoms with Crippen LogP contribution in [0.5, 0.6) is 0 Å². The molecule has 0 aromatic carbocycles. The summed E-state index contributed by atoms with van der Waals surface area (Å²) in [5.74, 6) is -0.574. The highest BCUT2D eigenvalue weighted by Gasteiger charge is 2.27. The largest absolute Gasteiger partial charge is 0.756 e. The van der Waals surface area contributed by atoms with Gasteiger partial charge in [-0.15, -0.1) is 0 Å². The first-order valence-corrected chi connectivity index (χ1v) is 31.7. The van der Waals surface area contributed by atoms with Crippen molar-refractivity contribution in [3.63, 3.8) is 0 Å². The molecule has 0 aliphatic rings. The quantitative estimate of drug-likeness (QED) is 0.0212. The molecular weight excluding hydrogens is 928 g/mol. The molecule has 424 valence electrons.